The zero-order chi connectivity index (χ0) is 10.7. The quantitative estimate of drug-likeness (QED) is 0.778. The van der Waals surface area contributed by atoms with Gasteiger partial charge in [-0.25, -0.2) is 0 Å². The van der Waals surface area contributed by atoms with Gasteiger partial charge in [0.15, 0.2) is 0 Å². The van der Waals surface area contributed by atoms with E-state index in [1.54, 1.807) is 0 Å². The summed E-state index contributed by atoms with van der Waals surface area (Å²) in [6, 6.07) is 8.81. The van der Waals surface area contributed by atoms with Crippen molar-refractivity contribution < 1.29 is 0 Å². The third-order valence-electron chi connectivity index (χ3n) is 2.99. The van der Waals surface area contributed by atoms with Crippen LogP contribution in [0.2, 0.25) is 0 Å². The molecule has 0 heterocycles. The average molecular weight is 191 g/mol. The lowest BCUT2D eigenvalue weighted by molar-refractivity contribution is 0.535. The molecule has 1 nitrogen and oxygen atoms in total. The lowest BCUT2D eigenvalue weighted by Crippen LogP contribution is -2.06. The summed E-state index contributed by atoms with van der Waals surface area (Å²) >= 11 is 0. The molecular weight excluding hydrogens is 170 g/mol. The molecule has 14 heavy (non-hydrogen) atoms. The van der Waals surface area contributed by atoms with Gasteiger partial charge in [0, 0.05) is 6.04 Å². The smallest absolute Gasteiger partial charge is 0.0266 e. The van der Waals surface area contributed by atoms with Crippen molar-refractivity contribution in [3.8, 4) is 0 Å². The van der Waals surface area contributed by atoms with Crippen LogP contribution in [0.1, 0.15) is 50.8 Å². The van der Waals surface area contributed by atoms with Gasteiger partial charge in [-0.1, -0.05) is 45.0 Å². The van der Waals surface area contributed by atoms with E-state index in [2.05, 4.69) is 45.0 Å². The fourth-order valence-electron chi connectivity index (χ4n) is 1.49. The number of hydrogen-bond donors (Lipinski definition) is 1. The van der Waals surface area contributed by atoms with Crippen LogP contribution >= 0.6 is 0 Å². The van der Waals surface area contributed by atoms with Crippen molar-refractivity contribution in [2.75, 3.05) is 0 Å². The van der Waals surface area contributed by atoms with Crippen molar-refractivity contribution in [2.45, 2.75) is 39.7 Å². The number of nitrogens with two attached hydrogens (primary N) is 1. The van der Waals surface area contributed by atoms with Gasteiger partial charge in [-0.15, -0.1) is 0 Å². The van der Waals surface area contributed by atoms with E-state index in [4.69, 9.17) is 5.73 Å². The maximum atomic E-state index is 5.80. The molecule has 0 aliphatic heterocycles. The average Bonchev–Trinajstić information content (AvgIpc) is 2.16. The Morgan fingerprint density at radius 2 is 1.29 bits per heavy atom. The largest absolute Gasteiger partial charge is 0.324 e. The molecule has 0 bridgehead atoms. The molecule has 0 aromatic heterocycles. The molecule has 0 radical (unpaired) electrons. The Balaban J connectivity index is 2.83. The van der Waals surface area contributed by atoms with Crippen LogP contribution in [-0.4, -0.2) is 0 Å². The van der Waals surface area contributed by atoms with E-state index in [1.165, 1.54) is 11.1 Å². The van der Waals surface area contributed by atoms with Gasteiger partial charge >= 0.3 is 0 Å². The monoisotopic (exact) mass is 191 g/mol. The van der Waals surface area contributed by atoms with Gasteiger partial charge in [-0.3, -0.25) is 0 Å². The summed E-state index contributed by atoms with van der Waals surface area (Å²) in [5.41, 5.74) is 8.42. The van der Waals surface area contributed by atoms with Gasteiger partial charge in [0.25, 0.3) is 0 Å². The molecule has 1 rings (SSSR count). The molecule has 78 valence electrons. The van der Waals surface area contributed by atoms with Crippen molar-refractivity contribution in [2.24, 2.45) is 11.7 Å². The number of hydrogen-bond acceptors (Lipinski definition) is 1. The standard InChI is InChI=1S/C13H21N/c1-9(2)10(3)12-5-7-13(8-6-12)11(4)14/h5-11H,14H2,1-4H3. The molecule has 0 aliphatic rings. The summed E-state index contributed by atoms with van der Waals surface area (Å²) in [6.07, 6.45) is 0. The first-order valence-electron chi connectivity index (χ1n) is 5.37. The minimum Gasteiger partial charge on any atom is -0.324 e. The van der Waals surface area contributed by atoms with Crippen LogP contribution in [0.3, 0.4) is 0 Å². The Kier molecular flexibility index (Phi) is 3.70. The van der Waals surface area contributed by atoms with Crippen LogP contribution in [0, 0.1) is 5.92 Å². The Morgan fingerprint density at radius 3 is 1.64 bits per heavy atom. The van der Waals surface area contributed by atoms with Crippen LogP contribution in [-0.2, 0) is 0 Å². The highest BCUT2D eigenvalue weighted by atomic mass is 14.6. The summed E-state index contributed by atoms with van der Waals surface area (Å²) in [7, 11) is 0. The van der Waals surface area contributed by atoms with Gasteiger partial charge in [-0.05, 0) is 29.9 Å². The van der Waals surface area contributed by atoms with Crippen LogP contribution in [0.5, 0.6) is 0 Å². The maximum absolute atomic E-state index is 5.80. The van der Waals surface area contributed by atoms with E-state index >= 15 is 0 Å². The van der Waals surface area contributed by atoms with E-state index in [1.807, 2.05) is 6.92 Å². The molecule has 1 heteroatoms. The summed E-state index contributed by atoms with van der Waals surface area (Å²) < 4.78 is 0. The number of benzene rings is 1. The van der Waals surface area contributed by atoms with E-state index in [9.17, 15) is 0 Å². The fourth-order valence-corrected chi connectivity index (χ4v) is 1.49. The normalized spacial score (nSPS) is 15.6. The predicted octanol–water partition coefficient (Wildman–Crippen LogP) is 3.47. The molecule has 1 aromatic rings. The fraction of sp³-hybridized carbons (Fsp3) is 0.538. The third-order valence-corrected chi connectivity index (χ3v) is 2.99. The second-order valence-corrected chi connectivity index (χ2v) is 4.49. The minimum atomic E-state index is 0.137. The summed E-state index contributed by atoms with van der Waals surface area (Å²) in [6.45, 7) is 8.79. The first-order chi connectivity index (χ1) is 6.52. The second-order valence-electron chi connectivity index (χ2n) is 4.49. The van der Waals surface area contributed by atoms with Gasteiger partial charge < -0.3 is 5.73 Å². The van der Waals surface area contributed by atoms with Crippen LogP contribution < -0.4 is 5.73 Å². The van der Waals surface area contributed by atoms with Crippen LogP contribution in [0.25, 0.3) is 0 Å². The molecule has 2 atom stereocenters. The highest BCUT2D eigenvalue weighted by Crippen LogP contribution is 2.24. The number of rotatable bonds is 3. The van der Waals surface area contributed by atoms with Gasteiger partial charge in [0.05, 0.1) is 0 Å². The third kappa shape index (κ3) is 2.58. The maximum Gasteiger partial charge on any atom is 0.0266 e. The topological polar surface area (TPSA) is 26.0 Å². The Hall–Kier alpha value is -0.820. The van der Waals surface area contributed by atoms with Gasteiger partial charge in [-0.2, -0.15) is 0 Å². The Labute approximate surface area is 87.3 Å². The van der Waals surface area contributed by atoms with E-state index in [-0.39, 0.29) is 6.04 Å². The summed E-state index contributed by atoms with van der Waals surface area (Å²) in [4.78, 5) is 0. The predicted molar refractivity (Wildman–Crippen MR) is 62.3 cm³/mol. The highest BCUT2D eigenvalue weighted by molar-refractivity contribution is 5.26. The molecule has 0 aliphatic carbocycles. The van der Waals surface area contributed by atoms with E-state index in [0.29, 0.717) is 11.8 Å². The summed E-state index contributed by atoms with van der Waals surface area (Å²) in [5.74, 6) is 1.31. The molecule has 2 unspecified atom stereocenters. The van der Waals surface area contributed by atoms with Crippen molar-refractivity contribution in [1.29, 1.82) is 0 Å². The lowest BCUT2D eigenvalue weighted by Gasteiger charge is -2.16. The first kappa shape index (κ1) is 11.3. The van der Waals surface area contributed by atoms with Crippen molar-refractivity contribution in [3.05, 3.63) is 35.4 Å². The minimum absolute atomic E-state index is 0.137. The zero-order valence-corrected chi connectivity index (χ0v) is 9.62. The molecular formula is C13H21N. The van der Waals surface area contributed by atoms with Gasteiger partial charge in [0.1, 0.15) is 0 Å². The van der Waals surface area contributed by atoms with Crippen molar-refractivity contribution >= 4 is 0 Å². The summed E-state index contributed by atoms with van der Waals surface area (Å²) in [5, 5.41) is 0. The molecule has 1 aromatic carbocycles. The second kappa shape index (κ2) is 4.61. The molecule has 0 saturated carbocycles. The SMILES string of the molecule is CC(N)c1ccc(C(C)C(C)C)cc1. The Morgan fingerprint density at radius 1 is 0.857 bits per heavy atom. The van der Waals surface area contributed by atoms with Crippen molar-refractivity contribution in [3.63, 3.8) is 0 Å². The molecule has 0 saturated heterocycles. The van der Waals surface area contributed by atoms with Crippen LogP contribution in [0.15, 0.2) is 24.3 Å². The van der Waals surface area contributed by atoms with Crippen LogP contribution in [0.4, 0.5) is 0 Å². The van der Waals surface area contributed by atoms with E-state index < -0.39 is 0 Å². The van der Waals surface area contributed by atoms with Crippen molar-refractivity contribution in [1.82, 2.24) is 0 Å². The Bertz CT molecular complexity index is 272. The molecule has 0 amide bonds. The van der Waals surface area contributed by atoms with Gasteiger partial charge in [0.2, 0.25) is 0 Å². The highest BCUT2D eigenvalue weighted by Gasteiger charge is 2.09. The lowest BCUT2D eigenvalue weighted by atomic mass is 9.89. The molecule has 2 N–H and O–H groups in total. The van der Waals surface area contributed by atoms with E-state index in [0.717, 1.165) is 0 Å². The molecule has 0 fully saturated rings. The first-order valence-corrected chi connectivity index (χ1v) is 5.37. The molecule has 0 spiro atoms. The zero-order valence-electron chi connectivity index (χ0n) is 9.62.